The molecule has 4 heteroatoms. The summed E-state index contributed by atoms with van der Waals surface area (Å²) in [5, 5.41) is 6.27. The molecular weight excluding hydrogens is 252 g/mol. The number of carbonyl (C=O) groups is 1. The highest BCUT2D eigenvalue weighted by Crippen LogP contribution is 2.16. The molecule has 110 valence electrons. The molecule has 0 spiro atoms. The van der Waals surface area contributed by atoms with E-state index in [0.29, 0.717) is 6.54 Å². The Balaban J connectivity index is 1.69. The Hall–Kier alpha value is -1.39. The van der Waals surface area contributed by atoms with Gasteiger partial charge in [-0.1, -0.05) is 31.2 Å². The molecule has 1 aromatic rings. The number of nitrogens with one attached hydrogen (secondary N) is 2. The zero-order valence-corrected chi connectivity index (χ0v) is 12.2. The molecule has 2 N–H and O–H groups in total. The normalized spacial score (nSPS) is 17.6. The zero-order valence-electron chi connectivity index (χ0n) is 12.2. The van der Waals surface area contributed by atoms with E-state index in [4.69, 9.17) is 4.74 Å². The van der Waals surface area contributed by atoms with E-state index < -0.39 is 0 Å². The summed E-state index contributed by atoms with van der Waals surface area (Å²) in [7, 11) is 0. The molecule has 20 heavy (non-hydrogen) atoms. The van der Waals surface area contributed by atoms with Gasteiger partial charge in [-0.05, 0) is 30.4 Å². The van der Waals surface area contributed by atoms with Crippen molar-refractivity contribution in [3.63, 3.8) is 0 Å². The van der Waals surface area contributed by atoms with Crippen molar-refractivity contribution in [2.24, 2.45) is 0 Å². The first-order chi connectivity index (χ1) is 9.81. The van der Waals surface area contributed by atoms with Gasteiger partial charge in [0.15, 0.2) is 0 Å². The highest BCUT2D eigenvalue weighted by molar-refractivity contribution is 5.82. The lowest BCUT2D eigenvalue weighted by Gasteiger charge is -2.25. The van der Waals surface area contributed by atoms with Crippen molar-refractivity contribution in [3.05, 3.63) is 35.4 Å². The van der Waals surface area contributed by atoms with Gasteiger partial charge in [-0.25, -0.2) is 0 Å². The quantitative estimate of drug-likeness (QED) is 0.744. The van der Waals surface area contributed by atoms with Crippen LogP contribution in [0.3, 0.4) is 0 Å². The van der Waals surface area contributed by atoms with Gasteiger partial charge >= 0.3 is 0 Å². The summed E-state index contributed by atoms with van der Waals surface area (Å²) in [6.45, 7) is 5.06. The fourth-order valence-electron chi connectivity index (χ4n) is 2.40. The number of ether oxygens (including phenoxy) is 1. The minimum absolute atomic E-state index is 0.0926. The summed E-state index contributed by atoms with van der Waals surface area (Å²) in [5.74, 6) is 0.0926. The topological polar surface area (TPSA) is 50.4 Å². The van der Waals surface area contributed by atoms with E-state index in [9.17, 15) is 4.79 Å². The molecule has 1 heterocycles. The predicted octanol–water partition coefficient (Wildman–Crippen LogP) is 1.63. The van der Waals surface area contributed by atoms with Crippen molar-refractivity contribution in [2.45, 2.75) is 38.8 Å². The van der Waals surface area contributed by atoms with Crippen LogP contribution in [0.4, 0.5) is 0 Å². The Morgan fingerprint density at radius 3 is 2.95 bits per heavy atom. The molecule has 1 atom stereocenters. The molecule has 0 radical (unpaired) electrons. The first-order valence-corrected chi connectivity index (χ1v) is 7.47. The average molecular weight is 276 g/mol. The Morgan fingerprint density at radius 2 is 2.15 bits per heavy atom. The third kappa shape index (κ3) is 4.32. The van der Waals surface area contributed by atoms with Crippen molar-refractivity contribution >= 4 is 5.91 Å². The summed E-state index contributed by atoms with van der Waals surface area (Å²) in [6, 6.07) is 8.18. The van der Waals surface area contributed by atoms with Gasteiger partial charge in [0.2, 0.25) is 5.91 Å². The lowest BCUT2D eigenvalue weighted by Crippen LogP contribution is -2.47. The Bertz CT molecular complexity index is 434. The van der Waals surface area contributed by atoms with Crippen LogP contribution < -0.4 is 10.6 Å². The van der Waals surface area contributed by atoms with Crippen molar-refractivity contribution in [1.29, 1.82) is 0 Å². The van der Waals surface area contributed by atoms with Gasteiger partial charge in [0, 0.05) is 26.3 Å². The average Bonchev–Trinajstić information content (AvgIpc) is 2.50. The van der Waals surface area contributed by atoms with Crippen LogP contribution in [0.25, 0.3) is 0 Å². The maximum Gasteiger partial charge on any atom is 0.237 e. The van der Waals surface area contributed by atoms with Crippen molar-refractivity contribution in [3.8, 4) is 0 Å². The Labute approximate surface area is 120 Å². The molecule has 0 unspecified atom stereocenters. The second-order valence-electron chi connectivity index (χ2n) is 5.16. The third-order valence-corrected chi connectivity index (χ3v) is 3.51. The van der Waals surface area contributed by atoms with Crippen LogP contribution in [0.5, 0.6) is 0 Å². The van der Waals surface area contributed by atoms with Gasteiger partial charge in [-0.2, -0.15) is 0 Å². The van der Waals surface area contributed by atoms with Crippen LogP contribution in [-0.2, 0) is 22.5 Å². The maximum atomic E-state index is 12.1. The fourth-order valence-corrected chi connectivity index (χ4v) is 2.40. The van der Waals surface area contributed by atoms with Gasteiger partial charge in [0.1, 0.15) is 0 Å². The minimum atomic E-state index is -0.110. The summed E-state index contributed by atoms with van der Waals surface area (Å²) in [4.78, 5) is 12.1. The molecule has 0 aliphatic carbocycles. The molecule has 1 amide bonds. The Morgan fingerprint density at radius 1 is 1.35 bits per heavy atom. The number of carbonyl (C=O) groups excluding carboxylic acids is 1. The number of hydrogen-bond donors (Lipinski definition) is 2. The Kier molecular flexibility index (Phi) is 6.02. The van der Waals surface area contributed by atoms with E-state index in [0.717, 1.165) is 39.0 Å². The third-order valence-electron chi connectivity index (χ3n) is 3.51. The van der Waals surface area contributed by atoms with E-state index in [2.05, 4.69) is 29.7 Å². The molecule has 0 aromatic heterocycles. The molecule has 0 saturated carbocycles. The van der Waals surface area contributed by atoms with E-state index in [1.807, 2.05) is 12.1 Å². The van der Waals surface area contributed by atoms with Crippen LogP contribution in [0.2, 0.25) is 0 Å². The minimum Gasteiger partial charge on any atom is -0.381 e. The van der Waals surface area contributed by atoms with Crippen LogP contribution in [0, 0.1) is 0 Å². The maximum absolute atomic E-state index is 12.1. The zero-order chi connectivity index (χ0) is 14.2. The standard InChI is InChI=1S/C16H24N2O2/c1-2-9-20-10-5-8-17-16(19)15-11-13-6-3-4-7-14(13)12-18-15/h3-4,6-7,15,18H,2,5,8-12H2,1H3,(H,17,19)/t15-/m0/s1. The largest absolute Gasteiger partial charge is 0.381 e. The van der Waals surface area contributed by atoms with E-state index in [1.165, 1.54) is 11.1 Å². The van der Waals surface area contributed by atoms with Crippen LogP contribution >= 0.6 is 0 Å². The van der Waals surface area contributed by atoms with Gasteiger partial charge in [0.25, 0.3) is 0 Å². The molecule has 1 aliphatic rings. The van der Waals surface area contributed by atoms with E-state index in [-0.39, 0.29) is 11.9 Å². The van der Waals surface area contributed by atoms with Crippen LogP contribution in [0.15, 0.2) is 24.3 Å². The van der Waals surface area contributed by atoms with Crippen molar-refractivity contribution in [2.75, 3.05) is 19.8 Å². The van der Waals surface area contributed by atoms with Crippen molar-refractivity contribution < 1.29 is 9.53 Å². The molecule has 1 aromatic carbocycles. The lowest BCUT2D eigenvalue weighted by atomic mass is 9.95. The van der Waals surface area contributed by atoms with Crippen LogP contribution in [0.1, 0.15) is 30.9 Å². The number of benzene rings is 1. The van der Waals surface area contributed by atoms with Gasteiger partial charge < -0.3 is 15.4 Å². The van der Waals surface area contributed by atoms with E-state index in [1.54, 1.807) is 0 Å². The first-order valence-electron chi connectivity index (χ1n) is 7.47. The summed E-state index contributed by atoms with van der Waals surface area (Å²) >= 11 is 0. The molecule has 0 fully saturated rings. The van der Waals surface area contributed by atoms with E-state index >= 15 is 0 Å². The molecule has 1 aliphatic heterocycles. The van der Waals surface area contributed by atoms with Gasteiger partial charge in [-0.3, -0.25) is 4.79 Å². The molecule has 4 nitrogen and oxygen atoms in total. The molecule has 2 rings (SSSR count). The monoisotopic (exact) mass is 276 g/mol. The summed E-state index contributed by atoms with van der Waals surface area (Å²) < 4.78 is 5.39. The smallest absolute Gasteiger partial charge is 0.237 e. The number of amides is 1. The number of hydrogen-bond acceptors (Lipinski definition) is 3. The SMILES string of the molecule is CCCOCCCNC(=O)[C@@H]1Cc2ccccc2CN1. The highest BCUT2D eigenvalue weighted by atomic mass is 16.5. The number of rotatable bonds is 7. The second-order valence-corrected chi connectivity index (χ2v) is 5.16. The van der Waals surface area contributed by atoms with Crippen molar-refractivity contribution in [1.82, 2.24) is 10.6 Å². The molecular formula is C16H24N2O2. The lowest BCUT2D eigenvalue weighted by molar-refractivity contribution is -0.123. The molecule has 0 bridgehead atoms. The molecule has 0 saturated heterocycles. The van der Waals surface area contributed by atoms with Gasteiger partial charge in [-0.15, -0.1) is 0 Å². The predicted molar refractivity (Wildman–Crippen MR) is 79.5 cm³/mol. The second kappa shape index (κ2) is 8.02. The summed E-state index contributed by atoms with van der Waals surface area (Å²) in [6.07, 6.45) is 2.68. The highest BCUT2D eigenvalue weighted by Gasteiger charge is 2.23. The van der Waals surface area contributed by atoms with Gasteiger partial charge in [0.05, 0.1) is 6.04 Å². The summed E-state index contributed by atoms with van der Waals surface area (Å²) in [5.41, 5.74) is 2.57. The number of fused-ring (bicyclic) bond motifs is 1. The first kappa shape index (κ1) is 15.0. The van der Waals surface area contributed by atoms with Crippen LogP contribution in [-0.4, -0.2) is 31.7 Å². The fraction of sp³-hybridized carbons (Fsp3) is 0.562.